The van der Waals surface area contributed by atoms with E-state index in [-0.39, 0.29) is 11.9 Å². The van der Waals surface area contributed by atoms with Gasteiger partial charge in [0.15, 0.2) is 0 Å². The molecule has 0 spiro atoms. The Balaban J connectivity index is 1.93. The average molecular weight is 299 g/mol. The van der Waals surface area contributed by atoms with Crippen molar-refractivity contribution in [2.75, 3.05) is 13.6 Å². The Bertz CT molecular complexity index is 602. The molecule has 1 aromatic heterocycles. The molecule has 2 rings (SSSR count). The van der Waals surface area contributed by atoms with Gasteiger partial charge in [-0.3, -0.25) is 9.78 Å². The molecule has 0 aliphatic heterocycles. The van der Waals surface area contributed by atoms with Crippen LogP contribution < -0.4 is 15.4 Å². The van der Waals surface area contributed by atoms with Gasteiger partial charge in [0.1, 0.15) is 12.4 Å². The van der Waals surface area contributed by atoms with Gasteiger partial charge >= 0.3 is 0 Å². The third kappa shape index (κ3) is 4.86. The van der Waals surface area contributed by atoms with Gasteiger partial charge in [0.2, 0.25) is 0 Å². The molecule has 0 aliphatic rings. The molecule has 0 fully saturated rings. The Labute approximate surface area is 130 Å². The lowest BCUT2D eigenvalue weighted by molar-refractivity contribution is 0.0950. The highest BCUT2D eigenvalue weighted by atomic mass is 16.5. The van der Waals surface area contributed by atoms with Crippen LogP contribution in [0.25, 0.3) is 0 Å². The number of rotatable bonds is 7. The molecule has 0 bridgehead atoms. The number of benzene rings is 1. The number of hydrogen-bond acceptors (Lipinski definition) is 4. The summed E-state index contributed by atoms with van der Waals surface area (Å²) in [6.45, 7) is 3.01. The number of carbonyl (C=O) groups is 1. The molecule has 2 aromatic rings. The smallest absolute Gasteiger partial charge is 0.251 e. The van der Waals surface area contributed by atoms with E-state index in [1.807, 2.05) is 38.2 Å². The van der Waals surface area contributed by atoms with Crippen molar-refractivity contribution >= 4 is 5.91 Å². The van der Waals surface area contributed by atoms with Crippen molar-refractivity contribution in [2.45, 2.75) is 19.6 Å². The van der Waals surface area contributed by atoms with E-state index in [9.17, 15) is 4.79 Å². The molecule has 0 saturated carbocycles. The predicted molar refractivity (Wildman–Crippen MR) is 85.9 cm³/mol. The minimum absolute atomic E-state index is 0.103. The molecule has 0 saturated heterocycles. The summed E-state index contributed by atoms with van der Waals surface area (Å²) in [5, 5.41) is 5.96. The SMILES string of the molecule is CNC(C)CNC(=O)c1cccc(OCc2cccnc2)c1. The second-order valence-electron chi connectivity index (χ2n) is 5.08. The molecule has 1 unspecified atom stereocenters. The molecule has 5 heteroatoms. The average Bonchev–Trinajstić information content (AvgIpc) is 2.58. The molecule has 1 heterocycles. The zero-order valence-corrected chi connectivity index (χ0v) is 12.9. The largest absolute Gasteiger partial charge is 0.489 e. The lowest BCUT2D eigenvalue weighted by atomic mass is 10.2. The van der Waals surface area contributed by atoms with E-state index in [0.29, 0.717) is 24.5 Å². The highest BCUT2D eigenvalue weighted by Crippen LogP contribution is 2.15. The second kappa shape index (κ2) is 8.14. The minimum atomic E-state index is -0.103. The van der Waals surface area contributed by atoms with Crippen LogP contribution in [0.1, 0.15) is 22.8 Å². The summed E-state index contributed by atoms with van der Waals surface area (Å²) in [6, 6.07) is 11.2. The first-order valence-electron chi connectivity index (χ1n) is 7.26. The number of aromatic nitrogens is 1. The zero-order valence-electron chi connectivity index (χ0n) is 12.9. The van der Waals surface area contributed by atoms with E-state index in [1.165, 1.54) is 0 Å². The van der Waals surface area contributed by atoms with Gasteiger partial charge in [-0.15, -0.1) is 0 Å². The van der Waals surface area contributed by atoms with Gasteiger partial charge in [-0.05, 0) is 38.2 Å². The fraction of sp³-hybridized carbons (Fsp3) is 0.294. The first-order chi connectivity index (χ1) is 10.7. The van der Waals surface area contributed by atoms with Crippen LogP contribution in [0, 0.1) is 0 Å². The monoisotopic (exact) mass is 299 g/mol. The predicted octanol–water partition coefficient (Wildman–Crippen LogP) is 2.00. The summed E-state index contributed by atoms with van der Waals surface area (Å²) < 4.78 is 5.70. The molecular weight excluding hydrogens is 278 g/mol. The zero-order chi connectivity index (χ0) is 15.8. The second-order valence-corrected chi connectivity index (χ2v) is 5.08. The molecular formula is C17H21N3O2. The van der Waals surface area contributed by atoms with Crippen molar-refractivity contribution in [1.82, 2.24) is 15.6 Å². The van der Waals surface area contributed by atoms with Crippen molar-refractivity contribution < 1.29 is 9.53 Å². The Morgan fingerprint density at radius 3 is 2.91 bits per heavy atom. The van der Waals surface area contributed by atoms with Crippen LogP contribution in [0.3, 0.4) is 0 Å². The van der Waals surface area contributed by atoms with E-state index in [1.54, 1.807) is 24.5 Å². The summed E-state index contributed by atoms with van der Waals surface area (Å²) in [5.41, 5.74) is 1.58. The standard InChI is InChI=1S/C17H21N3O2/c1-13(18-2)10-20-17(21)15-6-3-7-16(9-15)22-12-14-5-4-8-19-11-14/h3-9,11,13,18H,10,12H2,1-2H3,(H,20,21). The Hall–Kier alpha value is -2.40. The van der Waals surface area contributed by atoms with Gasteiger partial charge in [0.05, 0.1) is 0 Å². The molecule has 116 valence electrons. The number of carbonyl (C=O) groups excluding carboxylic acids is 1. The fourth-order valence-corrected chi connectivity index (χ4v) is 1.83. The lowest BCUT2D eigenvalue weighted by Gasteiger charge is -2.12. The Morgan fingerprint density at radius 2 is 2.18 bits per heavy atom. The van der Waals surface area contributed by atoms with Crippen molar-refractivity contribution in [2.24, 2.45) is 0 Å². The van der Waals surface area contributed by atoms with Gasteiger partial charge in [0, 0.05) is 36.1 Å². The third-order valence-electron chi connectivity index (χ3n) is 3.29. The highest BCUT2D eigenvalue weighted by molar-refractivity contribution is 5.94. The molecule has 0 aliphatic carbocycles. The Morgan fingerprint density at radius 1 is 1.32 bits per heavy atom. The molecule has 22 heavy (non-hydrogen) atoms. The normalized spacial score (nSPS) is 11.7. The van der Waals surface area contributed by atoms with Gasteiger partial charge in [-0.25, -0.2) is 0 Å². The number of nitrogens with zero attached hydrogens (tertiary/aromatic N) is 1. The van der Waals surface area contributed by atoms with Crippen LogP contribution in [0.4, 0.5) is 0 Å². The van der Waals surface area contributed by atoms with Crippen molar-refractivity contribution in [1.29, 1.82) is 0 Å². The first kappa shape index (κ1) is 16.0. The number of hydrogen-bond donors (Lipinski definition) is 2. The van der Waals surface area contributed by atoms with Gasteiger partial charge in [-0.2, -0.15) is 0 Å². The molecule has 1 amide bonds. The maximum Gasteiger partial charge on any atom is 0.251 e. The number of likely N-dealkylation sites (N-methyl/N-ethyl adjacent to an activating group) is 1. The molecule has 1 atom stereocenters. The van der Waals surface area contributed by atoms with Crippen molar-refractivity contribution in [3.8, 4) is 5.75 Å². The van der Waals surface area contributed by atoms with Crippen LogP contribution in [-0.4, -0.2) is 30.5 Å². The number of ether oxygens (including phenoxy) is 1. The molecule has 1 aromatic carbocycles. The van der Waals surface area contributed by atoms with E-state index in [4.69, 9.17) is 4.74 Å². The van der Waals surface area contributed by atoms with Gasteiger partial charge in [0.25, 0.3) is 5.91 Å². The maximum atomic E-state index is 12.1. The topological polar surface area (TPSA) is 63.2 Å². The van der Waals surface area contributed by atoms with Gasteiger partial charge in [-0.1, -0.05) is 12.1 Å². The molecule has 0 radical (unpaired) electrons. The number of amides is 1. The van der Waals surface area contributed by atoms with Gasteiger partial charge < -0.3 is 15.4 Å². The van der Waals surface area contributed by atoms with Crippen molar-refractivity contribution in [3.63, 3.8) is 0 Å². The van der Waals surface area contributed by atoms with E-state index >= 15 is 0 Å². The first-order valence-corrected chi connectivity index (χ1v) is 7.26. The van der Waals surface area contributed by atoms with Crippen LogP contribution in [0.5, 0.6) is 5.75 Å². The lowest BCUT2D eigenvalue weighted by Crippen LogP contribution is -2.37. The number of pyridine rings is 1. The summed E-state index contributed by atoms with van der Waals surface area (Å²) in [7, 11) is 1.86. The van der Waals surface area contributed by atoms with E-state index < -0.39 is 0 Å². The van der Waals surface area contributed by atoms with Crippen LogP contribution in [0.2, 0.25) is 0 Å². The number of nitrogens with one attached hydrogen (secondary N) is 2. The summed E-state index contributed by atoms with van der Waals surface area (Å²) >= 11 is 0. The quantitative estimate of drug-likeness (QED) is 0.821. The Kier molecular flexibility index (Phi) is 5.91. The minimum Gasteiger partial charge on any atom is -0.489 e. The summed E-state index contributed by atoms with van der Waals surface area (Å²) in [5.74, 6) is 0.562. The van der Waals surface area contributed by atoms with Crippen LogP contribution in [-0.2, 0) is 6.61 Å². The van der Waals surface area contributed by atoms with E-state index in [0.717, 1.165) is 5.56 Å². The van der Waals surface area contributed by atoms with Crippen LogP contribution >= 0.6 is 0 Å². The molecule has 5 nitrogen and oxygen atoms in total. The third-order valence-corrected chi connectivity index (χ3v) is 3.29. The fourth-order valence-electron chi connectivity index (χ4n) is 1.83. The van der Waals surface area contributed by atoms with E-state index in [2.05, 4.69) is 15.6 Å². The summed E-state index contributed by atoms with van der Waals surface area (Å²) in [6.07, 6.45) is 3.48. The molecule has 2 N–H and O–H groups in total. The maximum absolute atomic E-state index is 12.1. The highest BCUT2D eigenvalue weighted by Gasteiger charge is 2.08. The summed E-state index contributed by atoms with van der Waals surface area (Å²) in [4.78, 5) is 16.1. The van der Waals surface area contributed by atoms with Crippen molar-refractivity contribution in [3.05, 3.63) is 59.9 Å². The van der Waals surface area contributed by atoms with Crippen LogP contribution in [0.15, 0.2) is 48.8 Å².